The molecule has 1 aliphatic rings. The molecule has 108 valence electrons. The van der Waals surface area contributed by atoms with Crippen LogP contribution in [-0.2, 0) is 4.74 Å². The minimum atomic E-state index is -4.70. The van der Waals surface area contributed by atoms with Crippen LogP contribution in [0, 0.1) is 0 Å². The second kappa shape index (κ2) is 6.78. The quantitative estimate of drug-likeness (QED) is 0.874. The van der Waals surface area contributed by atoms with Gasteiger partial charge < -0.3 is 14.8 Å². The van der Waals surface area contributed by atoms with Gasteiger partial charge in [-0.25, -0.2) is 0 Å². The first-order valence-corrected chi connectivity index (χ1v) is 6.11. The van der Waals surface area contributed by atoms with Crippen molar-refractivity contribution in [3.8, 4) is 5.75 Å². The normalized spacial score (nSPS) is 19.7. The van der Waals surface area contributed by atoms with Crippen LogP contribution in [0.25, 0.3) is 0 Å². The molecular formula is C11H12BrClF3NO2. The Morgan fingerprint density at radius 3 is 2.68 bits per heavy atom. The lowest BCUT2D eigenvalue weighted by molar-refractivity contribution is -0.275. The molecule has 19 heavy (non-hydrogen) atoms. The highest BCUT2D eigenvalue weighted by Crippen LogP contribution is 2.33. The molecule has 0 unspecified atom stereocenters. The largest absolute Gasteiger partial charge is 0.573 e. The van der Waals surface area contributed by atoms with E-state index in [-0.39, 0.29) is 24.2 Å². The molecule has 1 saturated heterocycles. The zero-order valence-electron chi connectivity index (χ0n) is 9.67. The van der Waals surface area contributed by atoms with Crippen LogP contribution in [0.4, 0.5) is 13.2 Å². The fourth-order valence-electron chi connectivity index (χ4n) is 1.77. The molecule has 8 heteroatoms. The highest BCUT2D eigenvalue weighted by molar-refractivity contribution is 9.10. The Bertz CT molecular complexity index is 425. The molecule has 0 radical (unpaired) electrons. The molecule has 1 heterocycles. The Labute approximate surface area is 123 Å². The van der Waals surface area contributed by atoms with Crippen molar-refractivity contribution < 1.29 is 22.6 Å². The van der Waals surface area contributed by atoms with Crippen molar-refractivity contribution in [2.24, 2.45) is 0 Å². The summed E-state index contributed by atoms with van der Waals surface area (Å²) < 4.78 is 46.9. The molecule has 2 rings (SSSR count). The molecule has 0 bridgehead atoms. The van der Waals surface area contributed by atoms with E-state index in [4.69, 9.17) is 4.74 Å². The first-order chi connectivity index (χ1) is 8.46. The first-order valence-electron chi connectivity index (χ1n) is 5.32. The van der Waals surface area contributed by atoms with Crippen LogP contribution in [0.5, 0.6) is 5.75 Å². The lowest BCUT2D eigenvalue weighted by atomic mass is 10.1. The zero-order chi connectivity index (χ0) is 13.2. The summed E-state index contributed by atoms with van der Waals surface area (Å²) in [4.78, 5) is 0. The van der Waals surface area contributed by atoms with Crippen LogP contribution in [0.3, 0.4) is 0 Å². The molecule has 1 aliphatic heterocycles. The number of morpholine rings is 1. The number of benzene rings is 1. The van der Waals surface area contributed by atoms with Crippen LogP contribution < -0.4 is 10.1 Å². The van der Waals surface area contributed by atoms with Gasteiger partial charge in [0.25, 0.3) is 0 Å². The second-order valence-corrected chi connectivity index (χ2v) is 4.73. The van der Waals surface area contributed by atoms with E-state index in [1.807, 2.05) is 0 Å². The third-order valence-electron chi connectivity index (χ3n) is 2.49. The van der Waals surface area contributed by atoms with E-state index in [1.54, 1.807) is 6.07 Å². The summed E-state index contributed by atoms with van der Waals surface area (Å²) in [6.45, 7) is 1.48. The fraction of sp³-hybridized carbons (Fsp3) is 0.455. The topological polar surface area (TPSA) is 30.5 Å². The number of alkyl halides is 3. The van der Waals surface area contributed by atoms with Gasteiger partial charge in [-0.2, -0.15) is 0 Å². The fourth-order valence-corrected chi connectivity index (χ4v) is 2.15. The molecule has 1 fully saturated rings. The van der Waals surface area contributed by atoms with E-state index in [9.17, 15) is 13.2 Å². The first kappa shape index (κ1) is 16.6. The van der Waals surface area contributed by atoms with E-state index < -0.39 is 6.36 Å². The number of hydrogen-bond acceptors (Lipinski definition) is 3. The maximum atomic E-state index is 12.3. The molecule has 0 aromatic heterocycles. The van der Waals surface area contributed by atoms with Crippen molar-refractivity contribution >= 4 is 28.3 Å². The molecule has 1 atom stereocenters. The van der Waals surface area contributed by atoms with E-state index in [2.05, 4.69) is 26.0 Å². The molecule has 0 aliphatic carbocycles. The van der Waals surface area contributed by atoms with Crippen LogP contribution in [0.15, 0.2) is 22.7 Å². The van der Waals surface area contributed by atoms with Crippen LogP contribution in [0.1, 0.15) is 11.6 Å². The minimum Gasteiger partial charge on any atom is -0.405 e. The van der Waals surface area contributed by atoms with Gasteiger partial charge in [-0.05, 0) is 18.2 Å². The average molecular weight is 363 g/mol. The van der Waals surface area contributed by atoms with Crippen molar-refractivity contribution in [1.82, 2.24) is 5.32 Å². The molecule has 1 N–H and O–H groups in total. The Kier molecular flexibility index (Phi) is 5.91. The van der Waals surface area contributed by atoms with Crippen LogP contribution in [-0.4, -0.2) is 26.1 Å². The Balaban J connectivity index is 0.00000180. The third-order valence-corrected chi connectivity index (χ3v) is 2.99. The summed E-state index contributed by atoms with van der Waals surface area (Å²) >= 11 is 3.24. The molecule has 1 aromatic carbocycles. The summed E-state index contributed by atoms with van der Waals surface area (Å²) in [5.41, 5.74) is 0.432. The van der Waals surface area contributed by atoms with Gasteiger partial charge in [-0.15, -0.1) is 25.6 Å². The number of ether oxygens (including phenoxy) is 2. The molecule has 0 saturated carbocycles. The summed E-state index contributed by atoms with van der Waals surface area (Å²) in [5.74, 6) is -0.200. The molecule has 3 nitrogen and oxygen atoms in total. The summed E-state index contributed by atoms with van der Waals surface area (Å²) in [7, 11) is 0. The van der Waals surface area contributed by atoms with Gasteiger partial charge in [0.05, 0.1) is 19.3 Å². The second-order valence-electron chi connectivity index (χ2n) is 3.81. The van der Waals surface area contributed by atoms with E-state index >= 15 is 0 Å². The van der Waals surface area contributed by atoms with Gasteiger partial charge in [0.2, 0.25) is 0 Å². The maximum absolute atomic E-state index is 12.3. The Hall–Kier alpha value is -0.500. The predicted molar refractivity (Wildman–Crippen MR) is 69.6 cm³/mol. The van der Waals surface area contributed by atoms with Crippen molar-refractivity contribution in [2.75, 3.05) is 19.8 Å². The SMILES string of the molecule is Cl.FC(F)(F)Oc1ccc(Br)cc1[C@@H]1COCCN1. The minimum absolute atomic E-state index is 0. The average Bonchev–Trinajstić information content (AvgIpc) is 2.31. The van der Waals surface area contributed by atoms with E-state index in [0.717, 1.165) is 0 Å². The number of nitrogens with one attached hydrogen (secondary N) is 1. The van der Waals surface area contributed by atoms with Gasteiger partial charge in [-0.3, -0.25) is 0 Å². The number of hydrogen-bond donors (Lipinski definition) is 1. The van der Waals surface area contributed by atoms with Crippen molar-refractivity contribution in [3.05, 3.63) is 28.2 Å². The summed E-state index contributed by atoms with van der Waals surface area (Å²) in [5, 5.41) is 3.10. The highest BCUT2D eigenvalue weighted by Gasteiger charge is 2.33. The van der Waals surface area contributed by atoms with E-state index in [0.29, 0.717) is 29.8 Å². The number of rotatable bonds is 2. The lowest BCUT2D eigenvalue weighted by Crippen LogP contribution is -2.35. The summed E-state index contributed by atoms with van der Waals surface area (Å²) in [6, 6.07) is 4.11. The molecular weight excluding hydrogens is 350 g/mol. The maximum Gasteiger partial charge on any atom is 0.573 e. The number of halogens is 5. The smallest absolute Gasteiger partial charge is 0.405 e. The molecule has 0 amide bonds. The van der Waals surface area contributed by atoms with Gasteiger partial charge in [0.1, 0.15) is 5.75 Å². The van der Waals surface area contributed by atoms with Crippen LogP contribution >= 0.6 is 28.3 Å². The van der Waals surface area contributed by atoms with E-state index in [1.165, 1.54) is 12.1 Å². The van der Waals surface area contributed by atoms with Gasteiger partial charge >= 0.3 is 6.36 Å². The lowest BCUT2D eigenvalue weighted by Gasteiger charge is -2.26. The van der Waals surface area contributed by atoms with Crippen molar-refractivity contribution in [1.29, 1.82) is 0 Å². The van der Waals surface area contributed by atoms with Crippen molar-refractivity contribution in [3.63, 3.8) is 0 Å². The van der Waals surface area contributed by atoms with Gasteiger partial charge in [-0.1, -0.05) is 15.9 Å². The standard InChI is InChI=1S/C11H11BrF3NO2.ClH/c12-7-1-2-10(18-11(13,14)15)8(5-7)9-6-17-4-3-16-9;/h1-2,5,9,16H,3-4,6H2;1H/t9-;/m0./s1. The van der Waals surface area contributed by atoms with Crippen LogP contribution in [0.2, 0.25) is 0 Å². The highest BCUT2D eigenvalue weighted by atomic mass is 79.9. The Morgan fingerprint density at radius 2 is 2.11 bits per heavy atom. The van der Waals surface area contributed by atoms with Gasteiger partial charge in [0, 0.05) is 16.6 Å². The third kappa shape index (κ3) is 4.83. The molecule has 0 spiro atoms. The monoisotopic (exact) mass is 361 g/mol. The molecule has 1 aromatic rings. The summed E-state index contributed by atoms with van der Waals surface area (Å²) in [6.07, 6.45) is -4.70. The predicted octanol–water partition coefficient (Wildman–Crippen LogP) is 3.43. The van der Waals surface area contributed by atoms with Gasteiger partial charge in [0.15, 0.2) is 0 Å². The Morgan fingerprint density at radius 1 is 1.37 bits per heavy atom. The zero-order valence-corrected chi connectivity index (χ0v) is 12.1. The van der Waals surface area contributed by atoms with Crippen molar-refractivity contribution in [2.45, 2.75) is 12.4 Å².